The van der Waals surface area contributed by atoms with Crippen LogP contribution in [0.15, 0.2) is 36.7 Å². The number of pyridine rings is 1. The Kier molecular flexibility index (Phi) is 3.33. The van der Waals surface area contributed by atoms with Crippen LogP contribution in [0.5, 0.6) is 5.75 Å². The maximum atomic E-state index is 12.8. The van der Waals surface area contributed by atoms with Gasteiger partial charge in [-0.1, -0.05) is 6.07 Å². The predicted molar refractivity (Wildman–Crippen MR) is 65.6 cm³/mol. The van der Waals surface area contributed by atoms with Crippen LogP contribution in [0.4, 0.5) is 18.9 Å². The standard InChI is InChI=1S/C13H11F3N2O/c1-19-10-4-9(6-18-7-10)8-2-3-12(17)11(5-8)13(14,15)16/h2-7H,17H2,1H3. The Balaban J connectivity index is 2.51. The summed E-state index contributed by atoms with van der Waals surface area (Å²) in [7, 11) is 1.46. The molecule has 0 aliphatic heterocycles. The summed E-state index contributed by atoms with van der Waals surface area (Å²) in [6, 6.07) is 5.36. The second-order valence-electron chi connectivity index (χ2n) is 3.91. The molecule has 1 aromatic carbocycles. The molecule has 1 aromatic heterocycles. The summed E-state index contributed by atoms with van der Waals surface area (Å²) in [6.07, 6.45) is -1.54. The highest BCUT2D eigenvalue weighted by Crippen LogP contribution is 2.36. The van der Waals surface area contributed by atoms with E-state index in [1.54, 1.807) is 6.07 Å². The normalized spacial score (nSPS) is 11.4. The molecule has 0 bridgehead atoms. The van der Waals surface area contributed by atoms with E-state index in [1.165, 1.54) is 31.6 Å². The third-order valence-electron chi connectivity index (χ3n) is 2.64. The average molecular weight is 268 g/mol. The smallest absolute Gasteiger partial charge is 0.418 e. The molecule has 1 heterocycles. The fourth-order valence-electron chi connectivity index (χ4n) is 1.67. The molecule has 0 aliphatic carbocycles. The molecule has 2 N–H and O–H groups in total. The van der Waals surface area contributed by atoms with E-state index in [2.05, 4.69) is 4.98 Å². The Labute approximate surface area is 107 Å². The predicted octanol–water partition coefficient (Wildman–Crippen LogP) is 3.36. The van der Waals surface area contributed by atoms with Crippen LogP contribution in [-0.2, 0) is 6.18 Å². The molecule has 2 rings (SSSR count). The lowest BCUT2D eigenvalue weighted by atomic mass is 10.0. The number of hydrogen-bond acceptors (Lipinski definition) is 3. The molecule has 0 amide bonds. The zero-order valence-electron chi connectivity index (χ0n) is 10.0. The number of halogens is 3. The number of hydrogen-bond donors (Lipinski definition) is 1. The van der Waals surface area contributed by atoms with Gasteiger partial charge in [-0.2, -0.15) is 13.2 Å². The van der Waals surface area contributed by atoms with Gasteiger partial charge in [-0.3, -0.25) is 4.98 Å². The Morgan fingerprint density at radius 3 is 2.47 bits per heavy atom. The largest absolute Gasteiger partial charge is 0.495 e. The van der Waals surface area contributed by atoms with Gasteiger partial charge in [-0.05, 0) is 23.8 Å². The maximum absolute atomic E-state index is 12.8. The second kappa shape index (κ2) is 4.79. The number of nitrogens with two attached hydrogens (primary N) is 1. The first kappa shape index (κ1) is 13.2. The van der Waals surface area contributed by atoms with Crippen LogP contribution in [0.1, 0.15) is 5.56 Å². The molecule has 0 spiro atoms. The molecule has 100 valence electrons. The summed E-state index contributed by atoms with van der Waals surface area (Å²) in [5.74, 6) is 0.475. The number of aromatic nitrogens is 1. The van der Waals surface area contributed by atoms with Crippen molar-refractivity contribution in [3.05, 3.63) is 42.2 Å². The fourth-order valence-corrected chi connectivity index (χ4v) is 1.67. The molecule has 6 heteroatoms. The summed E-state index contributed by atoms with van der Waals surface area (Å²) in [4.78, 5) is 3.91. The average Bonchev–Trinajstić information content (AvgIpc) is 2.38. The molecule has 3 nitrogen and oxygen atoms in total. The fraction of sp³-hybridized carbons (Fsp3) is 0.154. The van der Waals surface area contributed by atoms with Crippen LogP contribution in [0.2, 0.25) is 0 Å². The number of rotatable bonds is 2. The van der Waals surface area contributed by atoms with Gasteiger partial charge in [0.05, 0.1) is 18.9 Å². The van der Waals surface area contributed by atoms with Crippen molar-refractivity contribution in [3.63, 3.8) is 0 Å². The number of ether oxygens (including phenoxy) is 1. The molecule has 0 saturated carbocycles. The molecule has 0 saturated heterocycles. The van der Waals surface area contributed by atoms with E-state index in [4.69, 9.17) is 10.5 Å². The number of methoxy groups -OCH3 is 1. The Morgan fingerprint density at radius 2 is 1.84 bits per heavy atom. The summed E-state index contributed by atoms with van der Waals surface area (Å²) in [5.41, 5.74) is 5.11. The lowest BCUT2D eigenvalue weighted by Gasteiger charge is -2.12. The van der Waals surface area contributed by atoms with E-state index in [0.29, 0.717) is 16.9 Å². The summed E-state index contributed by atoms with van der Waals surface area (Å²) in [5, 5.41) is 0. The molecule has 0 atom stereocenters. The van der Waals surface area contributed by atoms with Crippen molar-refractivity contribution in [2.75, 3.05) is 12.8 Å². The highest BCUT2D eigenvalue weighted by Gasteiger charge is 2.33. The lowest BCUT2D eigenvalue weighted by Crippen LogP contribution is -2.08. The minimum atomic E-state index is -4.48. The van der Waals surface area contributed by atoms with E-state index in [0.717, 1.165) is 6.07 Å². The van der Waals surface area contributed by atoms with Gasteiger partial charge in [0.15, 0.2) is 0 Å². The number of alkyl halides is 3. The van der Waals surface area contributed by atoms with Gasteiger partial charge in [-0.15, -0.1) is 0 Å². The lowest BCUT2D eigenvalue weighted by molar-refractivity contribution is -0.136. The van der Waals surface area contributed by atoms with E-state index in [-0.39, 0.29) is 5.69 Å². The first-order valence-corrected chi connectivity index (χ1v) is 5.38. The van der Waals surface area contributed by atoms with Gasteiger partial charge in [0.1, 0.15) is 5.75 Å². The molecule has 0 fully saturated rings. The van der Waals surface area contributed by atoms with Gasteiger partial charge in [0.2, 0.25) is 0 Å². The van der Waals surface area contributed by atoms with Crippen LogP contribution in [0, 0.1) is 0 Å². The topological polar surface area (TPSA) is 48.1 Å². The van der Waals surface area contributed by atoms with Crippen LogP contribution in [0.25, 0.3) is 11.1 Å². The molecule has 19 heavy (non-hydrogen) atoms. The summed E-state index contributed by atoms with van der Waals surface area (Å²) in [6.45, 7) is 0. The first-order chi connectivity index (χ1) is 8.91. The monoisotopic (exact) mass is 268 g/mol. The van der Waals surface area contributed by atoms with Gasteiger partial charge < -0.3 is 10.5 Å². The number of nitrogens with zero attached hydrogens (tertiary/aromatic N) is 1. The zero-order valence-corrected chi connectivity index (χ0v) is 10.0. The van der Waals surface area contributed by atoms with Crippen molar-refractivity contribution in [1.82, 2.24) is 4.98 Å². The van der Waals surface area contributed by atoms with Crippen molar-refractivity contribution in [2.24, 2.45) is 0 Å². The number of benzene rings is 1. The van der Waals surface area contributed by atoms with Crippen LogP contribution in [-0.4, -0.2) is 12.1 Å². The molecule has 0 unspecified atom stereocenters. The molecular weight excluding hydrogens is 257 g/mol. The van der Waals surface area contributed by atoms with Gasteiger partial charge in [0, 0.05) is 17.4 Å². The maximum Gasteiger partial charge on any atom is 0.418 e. The summed E-state index contributed by atoms with van der Waals surface area (Å²) < 4.78 is 43.3. The zero-order chi connectivity index (χ0) is 14.0. The van der Waals surface area contributed by atoms with E-state index >= 15 is 0 Å². The molecule has 0 radical (unpaired) electrons. The molecule has 0 aliphatic rings. The van der Waals surface area contributed by atoms with Crippen molar-refractivity contribution in [1.29, 1.82) is 0 Å². The second-order valence-corrected chi connectivity index (χ2v) is 3.91. The number of nitrogen functional groups attached to an aromatic ring is 1. The number of anilines is 1. The summed E-state index contributed by atoms with van der Waals surface area (Å²) >= 11 is 0. The van der Waals surface area contributed by atoms with Gasteiger partial charge >= 0.3 is 6.18 Å². The van der Waals surface area contributed by atoms with E-state index < -0.39 is 11.7 Å². The Morgan fingerprint density at radius 1 is 1.11 bits per heavy atom. The highest BCUT2D eigenvalue weighted by molar-refractivity contribution is 5.68. The quantitative estimate of drug-likeness (QED) is 0.849. The Bertz CT molecular complexity index is 597. The highest BCUT2D eigenvalue weighted by atomic mass is 19.4. The van der Waals surface area contributed by atoms with E-state index in [9.17, 15) is 13.2 Å². The van der Waals surface area contributed by atoms with Gasteiger partial charge in [-0.25, -0.2) is 0 Å². The first-order valence-electron chi connectivity index (χ1n) is 5.38. The molecule has 2 aromatic rings. The van der Waals surface area contributed by atoms with Crippen molar-refractivity contribution in [2.45, 2.75) is 6.18 Å². The van der Waals surface area contributed by atoms with Crippen LogP contribution in [0.3, 0.4) is 0 Å². The minimum absolute atomic E-state index is 0.299. The minimum Gasteiger partial charge on any atom is -0.495 e. The van der Waals surface area contributed by atoms with Crippen LogP contribution < -0.4 is 10.5 Å². The van der Waals surface area contributed by atoms with Crippen LogP contribution >= 0.6 is 0 Å². The van der Waals surface area contributed by atoms with Crippen molar-refractivity contribution >= 4 is 5.69 Å². The third-order valence-corrected chi connectivity index (χ3v) is 2.64. The van der Waals surface area contributed by atoms with Crippen molar-refractivity contribution in [3.8, 4) is 16.9 Å². The SMILES string of the molecule is COc1cncc(-c2ccc(N)c(C(F)(F)F)c2)c1. The third kappa shape index (κ3) is 2.78. The van der Waals surface area contributed by atoms with E-state index in [1.807, 2.05) is 0 Å². The Hall–Kier alpha value is -2.24. The van der Waals surface area contributed by atoms with Crippen molar-refractivity contribution < 1.29 is 17.9 Å². The molecular formula is C13H11F3N2O. The van der Waals surface area contributed by atoms with Gasteiger partial charge in [0.25, 0.3) is 0 Å².